The number of hydrogen-bond donors (Lipinski definition) is 2. The van der Waals surface area contributed by atoms with Crippen molar-refractivity contribution in [2.24, 2.45) is 5.10 Å². The number of rotatable bonds is 8. The lowest BCUT2D eigenvalue weighted by molar-refractivity contribution is -0.384. The van der Waals surface area contributed by atoms with E-state index in [0.717, 1.165) is 12.1 Å². The van der Waals surface area contributed by atoms with E-state index in [9.17, 15) is 36.5 Å². The Kier molecular flexibility index (Phi) is 7.31. The highest BCUT2D eigenvalue weighted by Gasteiger charge is 2.59. The Morgan fingerprint density at radius 1 is 0.914 bits per heavy atom. The van der Waals surface area contributed by atoms with Crippen molar-refractivity contribution in [1.82, 2.24) is 15.0 Å². The first-order valence-electron chi connectivity index (χ1n) is 9.33. The number of non-ortho nitro benzene ring substituents is 1. The summed E-state index contributed by atoms with van der Waals surface area (Å²) in [6.07, 6.45) is -14.5. The van der Waals surface area contributed by atoms with E-state index in [-0.39, 0.29) is 11.4 Å². The van der Waals surface area contributed by atoms with Gasteiger partial charge in [0, 0.05) is 17.8 Å². The third-order valence-electron chi connectivity index (χ3n) is 3.94. The van der Waals surface area contributed by atoms with Gasteiger partial charge in [-0.1, -0.05) is 30.3 Å². The number of halogens is 6. The lowest BCUT2D eigenvalue weighted by Gasteiger charge is -2.22. The number of nitro groups is 1. The zero-order valence-corrected chi connectivity index (χ0v) is 17.1. The Bertz CT molecular complexity index is 1170. The van der Waals surface area contributed by atoms with Gasteiger partial charge >= 0.3 is 18.4 Å². The van der Waals surface area contributed by atoms with Crippen LogP contribution in [0.2, 0.25) is 0 Å². The van der Waals surface area contributed by atoms with Gasteiger partial charge in [0.2, 0.25) is 5.95 Å². The first-order chi connectivity index (χ1) is 16.4. The fraction of sp³-hybridized carbons (Fsp3) is 0.158. The van der Waals surface area contributed by atoms with Crippen LogP contribution in [-0.4, -0.2) is 44.5 Å². The summed E-state index contributed by atoms with van der Waals surface area (Å²) in [5.74, 6) is -1.07. The summed E-state index contributed by atoms with van der Waals surface area (Å²) in [5.41, 5.74) is 2.76. The second kappa shape index (κ2) is 10.2. The summed E-state index contributed by atoms with van der Waals surface area (Å²) in [4.78, 5) is 20.8. The Morgan fingerprint density at radius 2 is 1.51 bits per heavy atom. The van der Waals surface area contributed by atoms with E-state index in [2.05, 4.69) is 35.5 Å². The predicted octanol–water partition coefficient (Wildman–Crippen LogP) is 4.84. The van der Waals surface area contributed by atoms with E-state index in [1.54, 1.807) is 30.3 Å². The molecule has 0 bridgehead atoms. The minimum atomic E-state index is -5.81. The molecule has 35 heavy (non-hydrogen) atoms. The van der Waals surface area contributed by atoms with Crippen LogP contribution in [0.4, 0.5) is 49.6 Å². The molecule has 0 fully saturated rings. The van der Waals surface area contributed by atoms with Crippen LogP contribution in [-0.2, 0) is 0 Å². The van der Waals surface area contributed by atoms with Crippen LogP contribution in [0.25, 0.3) is 0 Å². The zero-order valence-electron chi connectivity index (χ0n) is 17.1. The van der Waals surface area contributed by atoms with Gasteiger partial charge in [0.25, 0.3) is 17.7 Å². The van der Waals surface area contributed by atoms with Crippen molar-refractivity contribution in [2.75, 3.05) is 10.7 Å². The van der Waals surface area contributed by atoms with E-state index < -0.39 is 41.3 Å². The van der Waals surface area contributed by atoms with Crippen LogP contribution >= 0.6 is 0 Å². The van der Waals surface area contributed by atoms with E-state index in [0.29, 0.717) is 5.56 Å². The molecule has 3 aromatic rings. The lowest BCUT2D eigenvalue weighted by Crippen LogP contribution is -2.46. The number of hydrogen-bond acceptors (Lipinski definition) is 9. The molecule has 16 heteroatoms. The van der Waals surface area contributed by atoms with Crippen LogP contribution in [0.1, 0.15) is 5.56 Å². The number of nitrogens with one attached hydrogen (secondary N) is 2. The molecule has 1 aromatic heterocycles. The third-order valence-corrected chi connectivity index (χ3v) is 3.94. The second-order valence-corrected chi connectivity index (χ2v) is 6.56. The number of nitrogens with zero attached hydrogens (tertiary/aromatic N) is 5. The van der Waals surface area contributed by atoms with Crippen LogP contribution in [0.5, 0.6) is 6.01 Å². The largest absolute Gasteiger partial charge is 0.440 e. The van der Waals surface area contributed by atoms with Crippen LogP contribution in [0.15, 0.2) is 59.7 Å². The average molecular weight is 501 g/mol. The van der Waals surface area contributed by atoms with Crippen LogP contribution < -0.4 is 15.5 Å². The lowest BCUT2D eigenvalue weighted by atomic mass is 10.2. The predicted molar refractivity (Wildman–Crippen MR) is 110 cm³/mol. The highest BCUT2D eigenvalue weighted by Crippen LogP contribution is 2.36. The van der Waals surface area contributed by atoms with Gasteiger partial charge in [-0.15, -0.1) is 0 Å². The van der Waals surface area contributed by atoms with Crippen molar-refractivity contribution < 1.29 is 36.0 Å². The maximum Gasteiger partial charge on any atom is 0.434 e. The molecule has 2 N–H and O–H groups in total. The topological polar surface area (TPSA) is 127 Å². The third kappa shape index (κ3) is 7.24. The Balaban J connectivity index is 1.91. The Morgan fingerprint density at radius 3 is 2.09 bits per heavy atom. The normalized spacial score (nSPS) is 12.1. The molecule has 10 nitrogen and oxygen atoms in total. The summed E-state index contributed by atoms with van der Waals surface area (Å²) in [6.45, 7) is 0. The van der Waals surface area contributed by atoms with Gasteiger partial charge in [-0.3, -0.25) is 10.1 Å². The summed E-state index contributed by atoms with van der Waals surface area (Å²) in [6, 6.07) is 11.8. The van der Waals surface area contributed by atoms with Gasteiger partial charge in [0.05, 0.1) is 11.1 Å². The number of ether oxygens (including phenoxy) is 1. The van der Waals surface area contributed by atoms with E-state index >= 15 is 0 Å². The van der Waals surface area contributed by atoms with Crippen molar-refractivity contribution in [3.05, 3.63) is 70.3 Å². The fourth-order valence-electron chi connectivity index (χ4n) is 2.44. The van der Waals surface area contributed by atoms with Gasteiger partial charge in [-0.2, -0.15) is 46.4 Å². The molecule has 3 rings (SSSR count). The van der Waals surface area contributed by atoms with Gasteiger partial charge in [-0.25, -0.2) is 5.43 Å². The summed E-state index contributed by atoms with van der Waals surface area (Å²) in [7, 11) is 0. The van der Waals surface area contributed by atoms with Crippen LogP contribution in [0.3, 0.4) is 0 Å². The smallest absolute Gasteiger partial charge is 0.434 e. The summed E-state index contributed by atoms with van der Waals surface area (Å²) < 4.78 is 81.5. The quantitative estimate of drug-likeness (QED) is 0.194. The first-order valence-corrected chi connectivity index (χ1v) is 9.33. The number of aromatic nitrogens is 3. The molecule has 0 spiro atoms. The number of benzene rings is 2. The Labute approximate surface area is 191 Å². The molecular weight excluding hydrogens is 488 g/mol. The highest BCUT2D eigenvalue weighted by atomic mass is 19.4. The minimum Gasteiger partial charge on any atom is -0.440 e. The molecule has 2 aromatic carbocycles. The van der Waals surface area contributed by atoms with Crippen molar-refractivity contribution >= 4 is 29.5 Å². The zero-order chi connectivity index (χ0) is 25.6. The molecule has 0 unspecified atom stereocenters. The van der Waals surface area contributed by atoms with Gasteiger partial charge < -0.3 is 10.1 Å². The molecule has 0 aliphatic carbocycles. The molecule has 0 amide bonds. The monoisotopic (exact) mass is 501 g/mol. The second-order valence-electron chi connectivity index (χ2n) is 6.56. The standard InChI is InChI=1S/C19H13F6N7O3/c20-18(21,22)14(19(23,24)25)35-17-29-15(27-12-6-8-13(9-7-12)32(33)34)28-16(30-17)31-26-10-11-4-2-1-3-5-11/h1-10,14H,(H2,27,28,29,30,31). The molecule has 0 atom stereocenters. The first kappa shape index (κ1) is 25.1. The van der Waals surface area contributed by atoms with Gasteiger partial charge in [0.1, 0.15) is 0 Å². The molecule has 0 aliphatic heterocycles. The minimum absolute atomic E-state index is 0.134. The molecule has 0 radical (unpaired) electrons. The van der Waals surface area contributed by atoms with Gasteiger partial charge in [-0.05, 0) is 17.7 Å². The Hall–Kier alpha value is -4.50. The highest BCUT2D eigenvalue weighted by molar-refractivity contribution is 5.79. The van der Waals surface area contributed by atoms with E-state index in [4.69, 9.17) is 0 Å². The maximum absolute atomic E-state index is 12.9. The van der Waals surface area contributed by atoms with Crippen molar-refractivity contribution in [3.63, 3.8) is 0 Å². The summed E-state index contributed by atoms with van der Waals surface area (Å²) >= 11 is 0. The van der Waals surface area contributed by atoms with Crippen molar-refractivity contribution in [1.29, 1.82) is 0 Å². The van der Waals surface area contributed by atoms with Gasteiger partial charge in [0.15, 0.2) is 0 Å². The molecule has 0 saturated carbocycles. The molecule has 0 aliphatic rings. The molecule has 1 heterocycles. The maximum atomic E-state index is 12.9. The number of alkyl halides is 6. The molecule has 184 valence electrons. The van der Waals surface area contributed by atoms with Crippen molar-refractivity contribution in [3.8, 4) is 6.01 Å². The average Bonchev–Trinajstić information content (AvgIpc) is 2.77. The van der Waals surface area contributed by atoms with E-state index in [1.165, 1.54) is 18.3 Å². The fourth-order valence-corrected chi connectivity index (χ4v) is 2.44. The SMILES string of the molecule is O=[N+]([O-])c1ccc(Nc2nc(NN=Cc3ccccc3)nc(OC(C(F)(F)F)C(F)(F)F)n2)cc1. The molecule has 0 saturated heterocycles. The van der Waals surface area contributed by atoms with Crippen LogP contribution in [0, 0.1) is 10.1 Å². The number of anilines is 3. The summed E-state index contributed by atoms with van der Waals surface area (Å²) in [5, 5.41) is 17.0. The number of nitro benzene ring substituents is 1. The van der Waals surface area contributed by atoms with Crippen molar-refractivity contribution in [2.45, 2.75) is 18.5 Å². The van der Waals surface area contributed by atoms with E-state index in [1.807, 2.05) is 0 Å². The number of hydrazone groups is 1. The molecular formula is C19H13F6N7O3.